The third-order valence-corrected chi connectivity index (χ3v) is 5.83. The van der Waals surface area contributed by atoms with Crippen LogP contribution in [0.4, 0.5) is 5.69 Å². The van der Waals surface area contributed by atoms with Gasteiger partial charge in [0.25, 0.3) is 11.8 Å². The second-order valence-electron chi connectivity index (χ2n) is 6.49. The van der Waals surface area contributed by atoms with Gasteiger partial charge in [0.1, 0.15) is 16.6 Å². The number of likely N-dealkylation sites (N-methyl/N-ethyl adjacent to an activating group) is 1. The van der Waals surface area contributed by atoms with Crippen LogP contribution in [0.3, 0.4) is 0 Å². The fourth-order valence-corrected chi connectivity index (χ4v) is 3.95. The summed E-state index contributed by atoms with van der Waals surface area (Å²) in [5.74, 6) is -0.767. The summed E-state index contributed by atoms with van der Waals surface area (Å²) >= 11 is 6.34. The predicted molar refractivity (Wildman–Crippen MR) is 124 cm³/mol. The fourth-order valence-electron chi connectivity index (χ4n) is 2.70. The number of ether oxygens (including phenoxy) is 2. The molecule has 0 bridgehead atoms. The number of anilines is 1. The molecule has 1 heterocycles. The van der Waals surface area contributed by atoms with E-state index < -0.39 is 12.6 Å². The number of rotatable bonds is 7. The number of para-hydroxylation sites is 1. The van der Waals surface area contributed by atoms with E-state index in [0.717, 1.165) is 17.3 Å². The number of nitrogens with zero attached hydrogens (tertiary/aromatic N) is 2. The average Bonchev–Trinajstić information content (AvgIpc) is 3.05. The quantitative estimate of drug-likeness (QED) is 0.360. The number of esters is 1. The van der Waals surface area contributed by atoms with Crippen molar-refractivity contribution >= 4 is 57.8 Å². The number of methoxy groups -OCH3 is 1. The van der Waals surface area contributed by atoms with Crippen molar-refractivity contribution < 1.29 is 23.9 Å². The van der Waals surface area contributed by atoms with Crippen LogP contribution >= 0.6 is 24.0 Å². The summed E-state index contributed by atoms with van der Waals surface area (Å²) in [6.07, 6.45) is 1.70. The van der Waals surface area contributed by atoms with Gasteiger partial charge in [-0.15, -0.1) is 0 Å². The van der Waals surface area contributed by atoms with Crippen LogP contribution in [0, 0.1) is 0 Å². The third kappa shape index (κ3) is 5.71. The van der Waals surface area contributed by atoms with Crippen molar-refractivity contribution in [2.24, 2.45) is 0 Å². The van der Waals surface area contributed by atoms with Crippen molar-refractivity contribution in [1.29, 1.82) is 0 Å². The van der Waals surface area contributed by atoms with Gasteiger partial charge in [-0.3, -0.25) is 19.3 Å². The van der Waals surface area contributed by atoms with Crippen LogP contribution in [0.5, 0.6) is 5.75 Å². The highest BCUT2D eigenvalue weighted by molar-refractivity contribution is 8.26. The topological polar surface area (TPSA) is 76.2 Å². The summed E-state index contributed by atoms with van der Waals surface area (Å²) < 4.78 is 10.4. The molecule has 1 saturated heterocycles. The molecule has 31 heavy (non-hydrogen) atoms. The molecule has 160 valence electrons. The maximum Gasteiger partial charge on any atom is 0.326 e. The first kappa shape index (κ1) is 22.5. The Morgan fingerprint density at radius 2 is 1.81 bits per heavy atom. The van der Waals surface area contributed by atoms with Gasteiger partial charge in [0, 0.05) is 12.7 Å². The molecule has 7 nitrogen and oxygen atoms in total. The van der Waals surface area contributed by atoms with E-state index in [9.17, 15) is 14.4 Å². The molecule has 0 atom stereocenters. The third-order valence-electron chi connectivity index (χ3n) is 4.45. The fraction of sp³-hybridized carbons (Fsp3) is 0.182. The van der Waals surface area contributed by atoms with E-state index in [1.54, 1.807) is 56.6 Å². The number of thiocarbonyl (C=S) groups is 1. The lowest BCUT2D eigenvalue weighted by Gasteiger charge is -2.18. The summed E-state index contributed by atoms with van der Waals surface area (Å²) in [5, 5.41) is 0. The Hall–Kier alpha value is -3.17. The van der Waals surface area contributed by atoms with Crippen LogP contribution < -0.4 is 9.64 Å². The van der Waals surface area contributed by atoms with Crippen molar-refractivity contribution in [3.8, 4) is 5.75 Å². The Morgan fingerprint density at radius 3 is 2.45 bits per heavy atom. The highest BCUT2D eigenvalue weighted by Gasteiger charge is 2.34. The van der Waals surface area contributed by atoms with Gasteiger partial charge in [-0.2, -0.15) is 0 Å². The molecular weight excluding hydrogens is 436 g/mol. The number of carbonyl (C=O) groups excluding carboxylic acids is 3. The van der Waals surface area contributed by atoms with Crippen molar-refractivity contribution in [1.82, 2.24) is 4.90 Å². The monoisotopic (exact) mass is 456 g/mol. The molecule has 2 aromatic carbocycles. The molecule has 1 aliphatic rings. The van der Waals surface area contributed by atoms with Crippen LogP contribution in [0.15, 0.2) is 59.5 Å². The van der Waals surface area contributed by atoms with E-state index in [4.69, 9.17) is 21.7 Å². The first-order chi connectivity index (χ1) is 14.9. The van der Waals surface area contributed by atoms with Crippen LogP contribution in [-0.2, 0) is 19.1 Å². The van der Waals surface area contributed by atoms with Crippen LogP contribution in [0.2, 0.25) is 0 Å². The SMILES string of the molecule is COc1ccc(/C=C2/SC(=S)N(CC(=O)OCC(=O)N(C)c3ccccc3)C2=O)cc1. The zero-order valence-electron chi connectivity index (χ0n) is 16.9. The van der Waals surface area contributed by atoms with Gasteiger partial charge in [0.05, 0.1) is 12.0 Å². The van der Waals surface area contributed by atoms with Crippen molar-refractivity contribution in [3.63, 3.8) is 0 Å². The Bertz CT molecular complexity index is 1020. The van der Waals surface area contributed by atoms with E-state index in [2.05, 4.69) is 0 Å². The number of hydrogen-bond acceptors (Lipinski definition) is 7. The zero-order valence-corrected chi connectivity index (χ0v) is 18.6. The summed E-state index contributed by atoms with van der Waals surface area (Å²) in [7, 11) is 3.17. The molecule has 0 spiro atoms. The number of thioether (sulfide) groups is 1. The van der Waals surface area contributed by atoms with Crippen molar-refractivity contribution in [2.45, 2.75) is 0 Å². The summed E-state index contributed by atoms with van der Waals surface area (Å²) in [5.41, 5.74) is 1.49. The summed E-state index contributed by atoms with van der Waals surface area (Å²) in [6, 6.07) is 16.2. The maximum absolute atomic E-state index is 12.7. The van der Waals surface area contributed by atoms with Gasteiger partial charge >= 0.3 is 5.97 Å². The standard InChI is InChI=1S/C22H20N2O5S2/c1-23(16-6-4-3-5-7-16)19(25)14-29-20(26)13-24-21(27)18(31-22(24)30)12-15-8-10-17(28-2)11-9-15/h3-12H,13-14H2,1-2H3/b18-12+. The highest BCUT2D eigenvalue weighted by atomic mass is 32.2. The zero-order chi connectivity index (χ0) is 22.4. The second kappa shape index (κ2) is 10.2. The molecule has 0 aliphatic carbocycles. The normalized spacial score (nSPS) is 14.6. The molecule has 2 amide bonds. The molecule has 1 aliphatic heterocycles. The summed E-state index contributed by atoms with van der Waals surface area (Å²) in [4.78, 5) is 40.1. The molecule has 1 fully saturated rings. The lowest BCUT2D eigenvalue weighted by molar-refractivity contribution is -0.149. The number of hydrogen-bond donors (Lipinski definition) is 0. The maximum atomic E-state index is 12.7. The van der Waals surface area contributed by atoms with E-state index >= 15 is 0 Å². The first-order valence-corrected chi connectivity index (χ1v) is 10.5. The van der Waals surface area contributed by atoms with Gasteiger partial charge in [-0.25, -0.2) is 0 Å². The van der Waals surface area contributed by atoms with Crippen molar-refractivity contribution in [2.75, 3.05) is 32.2 Å². The molecule has 2 aromatic rings. The molecular formula is C22H20N2O5S2. The highest BCUT2D eigenvalue weighted by Crippen LogP contribution is 2.32. The number of benzene rings is 2. The smallest absolute Gasteiger partial charge is 0.326 e. The molecule has 0 saturated carbocycles. The predicted octanol–water partition coefficient (Wildman–Crippen LogP) is 3.10. The Kier molecular flexibility index (Phi) is 7.43. The molecule has 9 heteroatoms. The van der Waals surface area contributed by atoms with Gasteiger partial charge in [0.15, 0.2) is 6.61 Å². The number of carbonyl (C=O) groups is 3. The minimum atomic E-state index is -0.711. The minimum Gasteiger partial charge on any atom is -0.497 e. The molecule has 0 unspecified atom stereocenters. The van der Waals surface area contributed by atoms with Crippen LogP contribution in [0.25, 0.3) is 6.08 Å². The number of amides is 2. The molecule has 3 rings (SSSR count). The van der Waals surface area contributed by atoms with Gasteiger partial charge < -0.3 is 14.4 Å². The Balaban J connectivity index is 1.56. The van der Waals surface area contributed by atoms with Crippen LogP contribution in [-0.4, -0.2) is 54.3 Å². The second-order valence-corrected chi connectivity index (χ2v) is 8.17. The molecule has 0 radical (unpaired) electrons. The lowest BCUT2D eigenvalue weighted by Crippen LogP contribution is -2.36. The van der Waals surface area contributed by atoms with Gasteiger partial charge in [-0.05, 0) is 35.9 Å². The largest absolute Gasteiger partial charge is 0.497 e. The first-order valence-electron chi connectivity index (χ1n) is 9.25. The Morgan fingerprint density at radius 1 is 1.13 bits per heavy atom. The van der Waals surface area contributed by atoms with E-state index in [-0.39, 0.29) is 22.7 Å². The van der Waals surface area contributed by atoms with E-state index in [0.29, 0.717) is 16.3 Å². The Labute approximate surface area is 189 Å². The average molecular weight is 457 g/mol. The van der Waals surface area contributed by atoms with E-state index in [1.165, 1.54) is 9.80 Å². The minimum absolute atomic E-state index is 0.259. The molecule has 0 N–H and O–H groups in total. The lowest BCUT2D eigenvalue weighted by atomic mass is 10.2. The van der Waals surface area contributed by atoms with Gasteiger partial charge in [0.2, 0.25) is 0 Å². The van der Waals surface area contributed by atoms with Gasteiger partial charge in [-0.1, -0.05) is 54.3 Å². The van der Waals surface area contributed by atoms with Crippen molar-refractivity contribution in [3.05, 3.63) is 65.1 Å². The van der Waals surface area contributed by atoms with E-state index in [1.807, 2.05) is 18.2 Å². The summed E-state index contributed by atoms with van der Waals surface area (Å²) in [6.45, 7) is -0.784. The van der Waals surface area contributed by atoms with Crippen LogP contribution in [0.1, 0.15) is 5.56 Å². The molecule has 0 aromatic heterocycles.